The van der Waals surface area contributed by atoms with E-state index in [4.69, 9.17) is 9.47 Å². The zero-order chi connectivity index (χ0) is 13.8. The zero-order valence-corrected chi connectivity index (χ0v) is 11.6. The van der Waals surface area contributed by atoms with Crippen molar-refractivity contribution >= 4 is 11.6 Å². The highest BCUT2D eigenvalue weighted by atomic mass is 16.5. The van der Waals surface area contributed by atoms with Gasteiger partial charge in [0, 0.05) is 18.3 Å². The van der Waals surface area contributed by atoms with Gasteiger partial charge in [-0.1, -0.05) is 0 Å². The number of anilines is 1. The summed E-state index contributed by atoms with van der Waals surface area (Å²) in [6, 6.07) is 5.46. The summed E-state index contributed by atoms with van der Waals surface area (Å²) < 4.78 is 10.5. The standard InChI is InChI=1S/C14H20N2O3/c1-15-11-5-4-8-16(14(11)17)10-6-7-12(18-2)13(9-10)19-3/h6-7,9,11,15H,4-5,8H2,1-3H3. The van der Waals surface area contributed by atoms with E-state index in [0.29, 0.717) is 11.5 Å². The molecule has 104 valence electrons. The molecule has 1 fully saturated rings. The molecule has 2 rings (SSSR count). The van der Waals surface area contributed by atoms with Crippen LogP contribution in [0.25, 0.3) is 0 Å². The fourth-order valence-corrected chi connectivity index (χ4v) is 2.39. The molecule has 1 unspecified atom stereocenters. The molecule has 19 heavy (non-hydrogen) atoms. The minimum Gasteiger partial charge on any atom is -0.493 e. The second kappa shape index (κ2) is 5.93. The summed E-state index contributed by atoms with van der Waals surface area (Å²) in [6.07, 6.45) is 1.88. The van der Waals surface area contributed by atoms with Crippen molar-refractivity contribution in [3.63, 3.8) is 0 Å². The van der Waals surface area contributed by atoms with E-state index in [1.165, 1.54) is 0 Å². The first-order valence-corrected chi connectivity index (χ1v) is 6.42. The highest BCUT2D eigenvalue weighted by Crippen LogP contribution is 2.32. The largest absolute Gasteiger partial charge is 0.493 e. The van der Waals surface area contributed by atoms with Gasteiger partial charge < -0.3 is 19.7 Å². The Kier molecular flexibility index (Phi) is 4.27. The number of nitrogens with one attached hydrogen (secondary N) is 1. The van der Waals surface area contributed by atoms with E-state index in [0.717, 1.165) is 25.1 Å². The third-order valence-corrected chi connectivity index (χ3v) is 3.47. The van der Waals surface area contributed by atoms with Crippen LogP contribution in [0.2, 0.25) is 0 Å². The van der Waals surface area contributed by atoms with Crippen LogP contribution >= 0.6 is 0 Å². The number of carbonyl (C=O) groups excluding carboxylic acids is 1. The van der Waals surface area contributed by atoms with Gasteiger partial charge >= 0.3 is 0 Å². The maximum Gasteiger partial charge on any atom is 0.244 e. The number of amides is 1. The topological polar surface area (TPSA) is 50.8 Å². The molecule has 5 heteroatoms. The molecule has 0 aromatic heterocycles. The Hall–Kier alpha value is -1.75. The monoisotopic (exact) mass is 264 g/mol. The molecule has 0 saturated carbocycles. The lowest BCUT2D eigenvalue weighted by Crippen LogP contribution is -2.49. The lowest BCUT2D eigenvalue weighted by atomic mass is 10.0. The molecule has 0 spiro atoms. The molecule has 0 radical (unpaired) electrons. The summed E-state index contributed by atoms with van der Waals surface area (Å²) in [4.78, 5) is 14.1. The molecule has 1 aromatic rings. The molecule has 0 aliphatic carbocycles. The number of ether oxygens (including phenoxy) is 2. The van der Waals surface area contributed by atoms with Crippen molar-refractivity contribution < 1.29 is 14.3 Å². The molecule has 1 amide bonds. The van der Waals surface area contributed by atoms with Crippen LogP contribution in [-0.2, 0) is 4.79 Å². The number of hydrogen-bond donors (Lipinski definition) is 1. The predicted octanol–water partition coefficient (Wildman–Crippen LogP) is 1.42. The van der Waals surface area contributed by atoms with E-state index in [-0.39, 0.29) is 11.9 Å². The average molecular weight is 264 g/mol. The molecule has 1 aromatic carbocycles. The Balaban J connectivity index is 2.28. The third-order valence-electron chi connectivity index (χ3n) is 3.47. The molecule has 1 heterocycles. The fourth-order valence-electron chi connectivity index (χ4n) is 2.39. The SMILES string of the molecule is CNC1CCCN(c2ccc(OC)c(OC)c2)C1=O. The van der Waals surface area contributed by atoms with Crippen LogP contribution in [-0.4, -0.2) is 39.8 Å². The highest BCUT2D eigenvalue weighted by molar-refractivity contribution is 5.98. The molecule has 1 aliphatic rings. The Labute approximate surface area is 113 Å². The van der Waals surface area contributed by atoms with Crippen LogP contribution in [0.5, 0.6) is 11.5 Å². The number of likely N-dealkylation sites (N-methyl/N-ethyl adjacent to an activating group) is 1. The van der Waals surface area contributed by atoms with Gasteiger partial charge in [-0.2, -0.15) is 0 Å². The maximum absolute atomic E-state index is 12.3. The van der Waals surface area contributed by atoms with E-state index in [1.54, 1.807) is 19.1 Å². The number of hydrogen-bond acceptors (Lipinski definition) is 4. The molecule has 1 saturated heterocycles. The van der Waals surface area contributed by atoms with Crippen LogP contribution < -0.4 is 19.7 Å². The van der Waals surface area contributed by atoms with Crippen molar-refractivity contribution in [2.24, 2.45) is 0 Å². The van der Waals surface area contributed by atoms with Crippen molar-refractivity contribution in [2.45, 2.75) is 18.9 Å². The third kappa shape index (κ3) is 2.66. The van der Waals surface area contributed by atoms with Gasteiger partial charge in [-0.25, -0.2) is 0 Å². The Bertz CT molecular complexity index is 462. The maximum atomic E-state index is 12.3. The second-order valence-electron chi connectivity index (χ2n) is 4.51. The summed E-state index contributed by atoms with van der Waals surface area (Å²) in [5.74, 6) is 1.42. The summed E-state index contributed by atoms with van der Waals surface area (Å²) in [6.45, 7) is 0.743. The Morgan fingerprint density at radius 1 is 1.26 bits per heavy atom. The zero-order valence-electron chi connectivity index (χ0n) is 11.6. The highest BCUT2D eigenvalue weighted by Gasteiger charge is 2.28. The van der Waals surface area contributed by atoms with E-state index in [1.807, 2.05) is 25.2 Å². The molecule has 5 nitrogen and oxygen atoms in total. The van der Waals surface area contributed by atoms with Crippen LogP contribution in [0, 0.1) is 0 Å². The summed E-state index contributed by atoms with van der Waals surface area (Å²) >= 11 is 0. The molecule has 0 bridgehead atoms. The van der Waals surface area contributed by atoms with Gasteiger partial charge in [0.1, 0.15) is 0 Å². The minimum atomic E-state index is -0.0955. The fraction of sp³-hybridized carbons (Fsp3) is 0.500. The van der Waals surface area contributed by atoms with Gasteiger partial charge in [-0.15, -0.1) is 0 Å². The molecule has 1 aliphatic heterocycles. The smallest absolute Gasteiger partial charge is 0.244 e. The van der Waals surface area contributed by atoms with E-state index < -0.39 is 0 Å². The van der Waals surface area contributed by atoms with Crippen LogP contribution in [0.4, 0.5) is 5.69 Å². The van der Waals surface area contributed by atoms with Crippen molar-refractivity contribution in [2.75, 3.05) is 32.7 Å². The van der Waals surface area contributed by atoms with Crippen molar-refractivity contribution in [1.82, 2.24) is 5.32 Å². The first-order chi connectivity index (χ1) is 9.21. The van der Waals surface area contributed by atoms with Crippen LogP contribution in [0.15, 0.2) is 18.2 Å². The summed E-state index contributed by atoms with van der Waals surface area (Å²) in [5, 5.41) is 3.06. The van der Waals surface area contributed by atoms with E-state index in [2.05, 4.69) is 5.32 Å². The predicted molar refractivity (Wildman–Crippen MR) is 74.0 cm³/mol. The van der Waals surface area contributed by atoms with Gasteiger partial charge in [0.2, 0.25) is 5.91 Å². The Morgan fingerprint density at radius 3 is 2.63 bits per heavy atom. The average Bonchev–Trinajstić information content (AvgIpc) is 2.46. The molecular weight excluding hydrogens is 244 g/mol. The second-order valence-corrected chi connectivity index (χ2v) is 4.51. The van der Waals surface area contributed by atoms with Gasteiger partial charge in [-0.05, 0) is 32.0 Å². The van der Waals surface area contributed by atoms with E-state index in [9.17, 15) is 4.79 Å². The Morgan fingerprint density at radius 2 is 2.00 bits per heavy atom. The quantitative estimate of drug-likeness (QED) is 0.893. The van der Waals surface area contributed by atoms with Gasteiger partial charge in [0.25, 0.3) is 0 Å². The van der Waals surface area contributed by atoms with Gasteiger partial charge in [0.05, 0.1) is 20.3 Å². The minimum absolute atomic E-state index is 0.0955. The first-order valence-electron chi connectivity index (χ1n) is 6.42. The van der Waals surface area contributed by atoms with Crippen molar-refractivity contribution in [3.8, 4) is 11.5 Å². The first kappa shape index (κ1) is 13.7. The number of methoxy groups -OCH3 is 2. The number of piperidine rings is 1. The van der Waals surface area contributed by atoms with Crippen LogP contribution in [0.3, 0.4) is 0 Å². The molecule has 1 N–H and O–H groups in total. The van der Waals surface area contributed by atoms with E-state index >= 15 is 0 Å². The van der Waals surface area contributed by atoms with Gasteiger partial charge in [-0.3, -0.25) is 4.79 Å². The lowest BCUT2D eigenvalue weighted by molar-refractivity contribution is -0.121. The summed E-state index contributed by atoms with van der Waals surface area (Å²) in [7, 11) is 5.01. The number of rotatable bonds is 4. The molecular formula is C14H20N2O3. The number of nitrogens with zero attached hydrogens (tertiary/aromatic N) is 1. The van der Waals surface area contributed by atoms with Crippen molar-refractivity contribution in [1.29, 1.82) is 0 Å². The summed E-state index contributed by atoms with van der Waals surface area (Å²) in [5.41, 5.74) is 0.850. The number of benzene rings is 1. The van der Waals surface area contributed by atoms with Crippen LogP contribution in [0.1, 0.15) is 12.8 Å². The number of carbonyl (C=O) groups is 1. The normalized spacial score (nSPS) is 19.4. The molecule has 1 atom stereocenters. The van der Waals surface area contributed by atoms with Gasteiger partial charge in [0.15, 0.2) is 11.5 Å². The lowest BCUT2D eigenvalue weighted by Gasteiger charge is -2.32. The van der Waals surface area contributed by atoms with Crippen molar-refractivity contribution in [3.05, 3.63) is 18.2 Å².